The summed E-state index contributed by atoms with van der Waals surface area (Å²) < 4.78 is 0.963. The molecule has 0 spiro atoms. The molecule has 0 saturated heterocycles. The van der Waals surface area contributed by atoms with Crippen LogP contribution in [0.2, 0.25) is 5.02 Å². The van der Waals surface area contributed by atoms with E-state index in [0.29, 0.717) is 5.02 Å². The standard InChI is InChI=1S/C13H15BrClN3S/c1-3-11(16-4-2)13-18-17-12(19-13)9-6-5-8(14)7-10(9)15/h5-7,11,16H,3-4H2,1-2H3. The molecule has 0 saturated carbocycles. The van der Waals surface area contributed by atoms with E-state index in [-0.39, 0.29) is 6.04 Å². The Hall–Kier alpha value is -0.490. The Balaban J connectivity index is 2.29. The van der Waals surface area contributed by atoms with E-state index in [0.717, 1.165) is 33.0 Å². The molecule has 3 nitrogen and oxygen atoms in total. The van der Waals surface area contributed by atoms with Crippen LogP contribution >= 0.6 is 38.9 Å². The summed E-state index contributed by atoms with van der Waals surface area (Å²) in [6, 6.07) is 6.07. The highest BCUT2D eigenvalue weighted by Crippen LogP contribution is 2.34. The lowest BCUT2D eigenvalue weighted by Gasteiger charge is -2.11. The maximum Gasteiger partial charge on any atom is 0.149 e. The number of nitrogens with zero attached hydrogens (tertiary/aromatic N) is 2. The molecule has 1 aromatic carbocycles. The van der Waals surface area contributed by atoms with Gasteiger partial charge in [-0.05, 0) is 31.2 Å². The Labute approximate surface area is 130 Å². The second-order valence-corrected chi connectivity index (χ2v) is 6.42. The number of hydrogen-bond donors (Lipinski definition) is 1. The maximum absolute atomic E-state index is 6.24. The van der Waals surface area contributed by atoms with Crippen LogP contribution in [0.1, 0.15) is 31.3 Å². The average molecular weight is 361 g/mol. The van der Waals surface area contributed by atoms with Gasteiger partial charge < -0.3 is 5.32 Å². The Morgan fingerprint density at radius 1 is 1.37 bits per heavy atom. The van der Waals surface area contributed by atoms with Crippen molar-refractivity contribution < 1.29 is 0 Å². The fourth-order valence-corrected chi connectivity index (χ4v) is 3.66. The van der Waals surface area contributed by atoms with Crippen LogP contribution in [0.5, 0.6) is 0 Å². The van der Waals surface area contributed by atoms with Crippen molar-refractivity contribution in [3.63, 3.8) is 0 Å². The van der Waals surface area contributed by atoms with Crippen molar-refractivity contribution in [2.75, 3.05) is 6.54 Å². The maximum atomic E-state index is 6.24. The third-order valence-corrected chi connectivity index (χ3v) is 4.64. The lowest BCUT2D eigenvalue weighted by Crippen LogP contribution is -2.19. The molecule has 19 heavy (non-hydrogen) atoms. The van der Waals surface area contributed by atoms with Crippen molar-refractivity contribution in [1.29, 1.82) is 0 Å². The quantitative estimate of drug-likeness (QED) is 0.841. The zero-order chi connectivity index (χ0) is 13.8. The first-order chi connectivity index (χ1) is 9.15. The van der Waals surface area contributed by atoms with E-state index < -0.39 is 0 Å². The molecule has 2 aromatic rings. The van der Waals surface area contributed by atoms with Gasteiger partial charge in [0.1, 0.15) is 10.0 Å². The lowest BCUT2D eigenvalue weighted by atomic mass is 10.2. The first kappa shape index (κ1) is 14.9. The van der Waals surface area contributed by atoms with E-state index in [9.17, 15) is 0 Å². The van der Waals surface area contributed by atoms with Crippen LogP contribution < -0.4 is 5.32 Å². The van der Waals surface area contributed by atoms with Crippen molar-refractivity contribution in [2.24, 2.45) is 0 Å². The summed E-state index contributed by atoms with van der Waals surface area (Å²) in [5, 5.41) is 14.5. The normalized spacial score (nSPS) is 12.6. The SMILES string of the molecule is CCNC(CC)c1nnc(-c2ccc(Br)cc2Cl)s1. The Morgan fingerprint density at radius 2 is 2.16 bits per heavy atom. The number of hydrogen-bond acceptors (Lipinski definition) is 4. The van der Waals surface area contributed by atoms with E-state index in [2.05, 4.69) is 45.3 Å². The minimum Gasteiger partial charge on any atom is -0.308 e. The molecule has 1 aromatic heterocycles. The van der Waals surface area contributed by atoms with E-state index >= 15 is 0 Å². The highest BCUT2D eigenvalue weighted by atomic mass is 79.9. The number of aromatic nitrogens is 2. The molecule has 0 amide bonds. The van der Waals surface area contributed by atoms with Gasteiger partial charge in [-0.1, -0.05) is 52.7 Å². The molecule has 1 heterocycles. The lowest BCUT2D eigenvalue weighted by molar-refractivity contribution is 0.531. The summed E-state index contributed by atoms with van der Waals surface area (Å²) in [6.07, 6.45) is 0.997. The minimum atomic E-state index is 0.269. The molecule has 102 valence electrons. The average Bonchev–Trinajstić information content (AvgIpc) is 2.85. The summed E-state index contributed by atoms with van der Waals surface area (Å²) in [5.74, 6) is 0. The molecule has 0 fully saturated rings. The molecule has 0 aliphatic heterocycles. The predicted molar refractivity (Wildman–Crippen MR) is 84.8 cm³/mol. The molecule has 0 radical (unpaired) electrons. The second-order valence-electron chi connectivity index (χ2n) is 4.09. The van der Waals surface area contributed by atoms with E-state index in [1.165, 1.54) is 0 Å². The number of rotatable bonds is 5. The van der Waals surface area contributed by atoms with Gasteiger partial charge >= 0.3 is 0 Å². The van der Waals surface area contributed by atoms with Gasteiger partial charge in [-0.2, -0.15) is 0 Å². The van der Waals surface area contributed by atoms with Gasteiger partial charge in [0.25, 0.3) is 0 Å². The second kappa shape index (κ2) is 6.79. The molecule has 1 atom stereocenters. The largest absolute Gasteiger partial charge is 0.308 e. The van der Waals surface area contributed by atoms with Gasteiger partial charge in [-0.3, -0.25) is 0 Å². The predicted octanol–water partition coefficient (Wildman–Crippen LogP) is 4.68. The summed E-state index contributed by atoms with van der Waals surface area (Å²) >= 11 is 11.2. The fraction of sp³-hybridized carbons (Fsp3) is 0.385. The molecule has 1 N–H and O–H groups in total. The Kier molecular flexibility index (Phi) is 5.33. The van der Waals surface area contributed by atoms with Crippen LogP contribution in [0.4, 0.5) is 0 Å². The van der Waals surface area contributed by atoms with Crippen molar-refractivity contribution in [2.45, 2.75) is 26.3 Å². The van der Waals surface area contributed by atoms with Crippen LogP contribution in [0.25, 0.3) is 10.6 Å². The summed E-state index contributed by atoms with van der Waals surface area (Å²) in [4.78, 5) is 0. The topological polar surface area (TPSA) is 37.8 Å². The molecular formula is C13H15BrClN3S. The molecule has 0 aliphatic carbocycles. The first-order valence-corrected chi connectivity index (χ1v) is 8.16. The third-order valence-electron chi connectivity index (χ3n) is 2.76. The zero-order valence-electron chi connectivity index (χ0n) is 10.8. The van der Waals surface area contributed by atoms with Crippen molar-refractivity contribution >= 4 is 38.9 Å². The molecule has 2 rings (SSSR count). The first-order valence-electron chi connectivity index (χ1n) is 6.17. The van der Waals surface area contributed by atoms with Gasteiger partial charge in [0, 0.05) is 10.0 Å². The monoisotopic (exact) mass is 359 g/mol. The fourth-order valence-electron chi connectivity index (χ4n) is 1.80. The molecule has 0 bridgehead atoms. The summed E-state index contributed by atoms with van der Waals surface area (Å²) in [6.45, 7) is 5.16. The molecular weight excluding hydrogens is 346 g/mol. The summed E-state index contributed by atoms with van der Waals surface area (Å²) in [5.41, 5.74) is 0.931. The van der Waals surface area contributed by atoms with Gasteiger partial charge in [0.05, 0.1) is 11.1 Å². The third kappa shape index (κ3) is 3.54. The number of nitrogens with one attached hydrogen (secondary N) is 1. The van der Waals surface area contributed by atoms with E-state index in [1.807, 2.05) is 18.2 Å². The highest BCUT2D eigenvalue weighted by molar-refractivity contribution is 9.10. The smallest absolute Gasteiger partial charge is 0.149 e. The Morgan fingerprint density at radius 3 is 2.79 bits per heavy atom. The van der Waals surface area contributed by atoms with Gasteiger partial charge in [0.15, 0.2) is 0 Å². The minimum absolute atomic E-state index is 0.269. The Bertz CT molecular complexity index is 559. The molecule has 1 unspecified atom stereocenters. The van der Waals surface area contributed by atoms with Crippen molar-refractivity contribution in [1.82, 2.24) is 15.5 Å². The van der Waals surface area contributed by atoms with Gasteiger partial charge in [-0.15, -0.1) is 10.2 Å². The number of benzene rings is 1. The summed E-state index contributed by atoms with van der Waals surface area (Å²) in [7, 11) is 0. The van der Waals surface area contributed by atoms with E-state index in [4.69, 9.17) is 11.6 Å². The van der Waals surface area contributed by atoms with Crippen LogP contribution in [0, 0.1) is 0 Å². The molecule has 6 heteroatoms. The van der Waals surface area contributed by atoms with Crippen LogP contribution in [-0.2, 0) is 0 Å². The van der Waals surface area contributed by atoms with Crippen LogP contribution in [-0.4, -0.2) is 16.7 Å². The van der Waals surface area contributed by atoms with Crippen LogP contribution in [0.15, 0.2) is 22.7 Å². The van der Waals surface area contributed by atoms with Gasteiger partial charge in [0.2, 0.25) is 0 Å². The van der Waals surface area contributed by atoms with Crippen molar-refractivity contribution in [3.05, 3.63) is 32.7 Å². The number of halogens is 2. The van der Waals surface area contributed by atoms with E-state index in [1.54, 1.807) is 11.3 Å². The van der Waals surface area contributed by atoms with Crippen molar-refractivity contribution in [3.8, 4) is 10.6 Å². The van der Waals surface area contributed by atoms with Crippen LogP contribution in [0.3, 0.4) is 0 Å². The zero-order valence-corrected chi connectivity index (χ0v) is 13.9. The highest BCUT2D eigenvalue weighted by Gasteiger charge is 2.16. The van der Waals surface area contributed by atoms with Gasteiger partial charge in [-0.25, -0.2) is 0 Å². The molecule has 0 aliphatic rings.